The van der Waals surface area contributed by atoms with Crippen LogP contribution in [0.2, 0.25) is 0 Å². The van der Waals surface area contributed by atoms with E-state index in [4.69, 9.17) is 9.47 Å². The summed E-state index contributed by atoms with van der Waals surface area (Å²) in [6.07, 6.45) is 0. The molecule has 9 heteroatoms. The number of anilines is 2. The number of carbonyl (C=O) groups is 1. The highest BCUT2D eigenvalue weighted by Crippen LogP contribution is 2.40. The van der Waals surface area contributed by atoms with Gasteiger partial charge in [-0.3, -0.25) is 9.52 Å². The number of hydrogen-bond acceptors (Lipinski definition) is 6. The molecule has 1 aliphatic heterocycles. The van der Waals surface area contributed by atoms with Crippen molar-refractivity contribution in [2.75, 3.05) is 30.4 Å². The number of amides is 1. The number of ether oxygens (including phenoxy) is 2. The molecule has 150 valence electrons. The third kappa shape index (κ3) is 4.05. The predicted octanol–water partition coefficient (Wildman–Crippen LogP) is 3.35. The number of methoxy groups -OCH3 is 2. The number of hydrogen-bond donors (Lipinski definition) is 1. The number of sulfonamides is 1. The van der Waals surface area contributed by atoms with Crippen LogP contribution in [0.5, 0.6) is 11.5 Å². The summed E-state index contributed by atoms with van der Waals surface area (Å²) in [4.78, 5) is 14.6. The molecule has 0 fully saturated rings. The van der Waals surface area contributed by atoms with Crippen LogP contribution in [0.1, 0.15) is 13.8 Å². The maximum atomic E-state index is 13.0. The molecular formula is C19H22N2O5S2. The number of fused-ring (bicyclic) bond motifs is 1. The summed E-state index contributed by atoms with van der Waals surface area (Å²) in [6.45, 7) is 4.05. The van der Waals surface area contributed by atoms with Crippen LogP contribution < -0.4 is 19.1 Å². The molecule has 0 saturated carbocycles. The van der Waals surface area contributed by atoms with Gasteiger partial charge in [-0.15, -0.1) is 11.8 Å². The Morgan fingerprint density at radius 1 is 1.18 bits per heavy atom. The lowest BCUT2D eigenvalue weighted by atomic mass is 10.2. The average molecular weight is 423 g/mol. The van der Waals surface area contributed by atoms with Crippen molar-refractivity contribution in [2.45, 2.75) is 28.9 Å². The summed E-state index contributed by atoms with van der Waals surface area (Å²) < 4.78 is 38.9. The molecule has 1 aliphatic rings. The lowest BCUT2D eigenvalue weighted by Crippen LogP contribution is -2.37. The van der Waals surface area contributed by atoms with E-state index in [0.717, 1.165) is 4.90 Å². The van der Waals surface area contributed by atoms with Crippen molar-refractivity contribution < 1.29 is 22.7 Å². The van der Waals surface area contributed by atoms with Gasteiger partial charge in [0.1, 0.15) is 11.5 Å². The molecule has 0 bridgehead atoms. The Labute approximate surface area is 169 Å². The molecule has 0 radical (unpaired) electrons. The van der Waals surface area contributed by atoms with E-state index in [1.54, 1.807) is 40.9 Å². The average Bonchev–Trinajstić information content (AvgIpc) is 2.66. The smallest absolute Gasteiger partial charge is 0.262 e. The highest BCUT2D eigenvalue weighted by molar-refractivity contribution is 8.00. The van der Waals surface area contributed by atoms with Gasteiger partial charge in [-0.2, -0.15) is 0 Å². The number of benzene rings is 2. The molecule has 28 heavy (non-hydrogen) atoms. The first kappa shape index (κ1) is 20.3. The summed E-state index contributed by atoms with van der Waals surface area (Å²) in [5, 5.41) is 0.234. The molecule has 2 aromatic carbocycles. The van der Waals surface area contributed by atoms with E-state index in [2.05, 4.69) is 4.72 Å². The molecule has 7 nitrogen and oxygen atoms in total. The van der Waals surface area contributed by atoms with E-state index in [9.17, 15) is 13.2 Å². The minimum Gasteiger partial charge on any atom is -0.497 e. The van der Waals surface area contributed by atoms with Gasteiger partial charge in [0.15, 0.2) is 0 Å². The summed E-state index contributed by atoms with van der Waals surface area (Å²) in [6, 6.07) is 9.66. The van der Waals surface area contributed by atoms with Crippen molar-refractivity contribution in [1.82, 2.24) is 0 Å². The fourth-order valence-electron chi connectivity index (χ4n) is 2.98. The highest BCUT2D eigenvalue weighted by Gasteiger charge is 2.27. The van der Waals surface area contributed by atoms with Crippen LogP contribution in [0.3, 0.4) is 0 Å². The van der Waals surface area contributed by atoms with Crippen LogP contribution in [0.25, 0.3) is 0 Å². The van der Waals surface area contributed by atoms with E-state index in [0.29, 0.717) is 23.7 Å². The zero-order valence-corrected chi connectivity index (χ0v) is 17.7. The molecule has 0 aliphatic carbocycles. The fourth-order valence-corrected chi connectivity index (χ4v) is 5.15. The Kier molecular flexibility index (Phi) is 5.76. The molecule has 0 spiro atoms. The normalized spacial score (nSPS) is 16.3. The predicted molar refractivity (Wildman–Crippen MR) is 110 cm³/mol. The second kappa shape index (κ2) is 7.92. The number of nitrogens with one attached hydrogen (secondary N) is 1. The minimum atomic E-state index is -3.90. The first-order valence-corrected chi connectivity index (χ1v) is 10.9. The highest BCUT2D eigenvalue weighted by atomic mass is 32.2. The Balaban J connectivity index is 2.00. The molecule has 1 N–H and O–H groups in total. The molecule has 1 heterocycles. The third-order valence-corrected chi connectivity index (χ3v) is 6.84. The van der Waals surface area contributed by atoms with Gasteiger partial charge in [-0.05, 0) is 30.3 Å². The van der Waals surface area contributed by atoms with E-state index in [1.807, 2.05) is 6.92 Å². The molecule has 1 amide bonds. The Bertz CT molecular complexity index is 1010. The van der Waals surface area contributed by atoms with Crippen molar-refractivity contribution in [2.24, 2.45) is 0 Å². The van der Waals surface area contributed by atoms with E-state index in [1.165, 1.54) is 33.3 Å². The zero-order chi connectivity index (χ0) is 20.5. The van der Waals surface area contributed by atoms with Gasteiger partial charge < -0.3 is 14.4 Å². The standard InChI is InChI=1S/C19H22N2O5S2/c1-12-11-21(13(2)22)17-10-15(6-8-19(17)27-12)28(23,24)20-16-9-14(25-3)5-7-18(16)26-4/h5-10,12,20H,11H2,1-4H3. The molecule has 3 rings (SSSR count). The van der Waals surface area contributed by atoms with Crippen LogP contribution in [0.4, 0.5) is 11.4 Å². The molecule has 2 aromatic rings. The maximum absolute atomic E-state index is 13.0. The quantitative estimate of drug-likeness (QED) is 0.795. The zero-order valence-electron chi connectivity index (χ0n) is 16.1. The van der Waals surface area contributed by atoms with Crippen LogP contribution in [0, 0.1) is 0 Å². The first-order chi connectivity index (χ1) is 13.2. The van der Waals surface area contributed by atoms with Crippen molar-refractivity contribution in [3.8, 4) is 11.5 Å². The van der Waals surface area contributed by atoms with Crippen molar-refractivity contribution in [3.63, 3.8) is 0 Å². The summed E-state index contributed by atoms with van der Waals surface area (Å²) >= 11 is 1.62. The Morgan fingerprint density at radius 2 is 1.93 bits per heavy atom. The fraction of sp³-hybridized carbons (Fsp3) is 0.316. The van der Waals surface area contributed by atoms with Gasteiger partial charge in [0, 0.05) is 29.7 Å². The second-order valence-corrected chi connectivity index (χ2v) is 9.52. The second-order valence-electron chi connectivity index (χ2n) is 6.36. The minimum absolute atomic E-state index is 0.0672. The first-order valence-electron chi connectivity index (χ1n) is 8.59. The molecule has 1 atom stereocenters. The topological polar surface area (TPSA) is 84.9 Å². The van der Waals surface area contributed by atoms with Crippen LogP contribution in [0.15, 0.2) is 46.2 Å². The number of rotatable bonds is 5. The Hall–Kier alpha value is -2.39. The Morgan fingerprint density at radius 3 is 2.57 bits per heavy atom. The van der Waals surface area contributed by atoms with Gasteiger partial charge >= 0.3 is 0 Å². The van der Waals surface area contributed by atoms with Gasteiger partial charge in [0.25, 0.3) is 10.0 Å². The SMILES string of the molecule is COc1ccc(OC)c(NS(=O)(=O)c2ccc3c(c2)N(C(C)=O)CC(C)S3)c1. The summed E-state index contributed by atoms with van der Waals surface area (Å²) in [5.41, 5.74) is 0.877. The summed E-state index contributed by atoms with van der Waals surface area (Å²) in [5.74, 6) is 0.750. The monoisotopic (exact) mass is 422 g/mol. The maximum Gasteiger partial charge on any atom is 0.262 e. The van der Waals surface area contributed by atoms with E-state index in [-0.39, 0.29) is 21.7 Å². The molecular weight excluding hydrogens is 400 g/mol. The van der Waals surface area contributed by atoms with Gasteiger partial charge in [-0.1, -0.05) is 6.92 Å². The van der Waals surface area contributed by atoms with Gasteiger partial charge in [-0.25, -0.2) is 8.42 Å². The lowest BCUT2D eigenvalue weighted by Gasteiger charge is -2.32. The van der Waals surface area contributed by atoms with E-state index < -0.39 is 10.0 Å². The number of carbonyl (C=O) groups excluding carboxylic acids is 1. The molecule has 0 saturated heterocycles. The van der Waals surface area contributed by atoms with Crippen LogP contribution in [-0.4, -0.2) is 40.3 Å². The summed E-state index contributed by atoms with van der Waals surface area (Å²) in [7, 11) is -0.941. The van der Waals surface area contributed by atoms with Crippen LogP contribution >= 0.6 is 11.8 Å². The number of nitrogens with zero attached hydrogens (tertiary/aromatic N) is 1. The van der Waals surface area contributed by atoms with E-state index >= 15 is 0 Å². The largest absolute Gasteiger partial charge is 0.497 e. The van der Waals surface area contributed by atoms with Crippen molar-refractivity contribution in [3.05, 3.63) is 36.4 Å². The molecule has 1 unspecified atom stereocenters. The number of thioether (sulfide) groups is 1. The van der Waals surface area contributed by atoms with Crippen molar-refractivity contribution >= 4 is 39.1 Å². The molecule has 0 aromatic heterocycles. The van der Waals surface area contributed by atoms with Crippen LogP contribution in [-0.2, 0) is 14.8 Å². The lowest BCUT2D eigenvalue weighted by molar-refractivity contribution is -0.116. The van der Waals surface area contributed by atoms with Gasteiger partial charge in [0.2, 0.25) is 5.91 Å². The van der Waals surface area contributed by atoms with Gasteiger partial charge in [0.05, 0.1) is 30.5 Å². The third-order valence-electron chi connectivity index (χ3n) is 4.33. The van der Waals surface area contributed by atoms with Crippen molar-refractivity contribution in [1.29, 1.82) is 0 Å².